The number of anilines is 1. The fourth-order valence-corrected chi connectivity index (χ4v) is 3.75. The number of benzene rings is 1. The minimum Gasteiger partial charge on any atom is -0.454 e. The lowest BCUT2D eigenvalue weighted by Crippen LogP contribution is -2.26. The molecule has 3 aromatic rings. The number of nitrogens with zero attached hydrogens (tertiary/aromatic N) is 3. The Morgan fingerprint density at radius 2 is 1.94 bits per heavy atom. The Bertz CT molecular complexity index is 1240. The lowest BCUT2D eigenvalue weighted by molar-refractivity contribution is -0.118. The maximum absolute atomic E-state index is 12.5. The van der Waals surface area contributed by atoms with Crippen molar-refractivity contribution in [2.45, 2.75) is 13.8 Å². The molecule has 0 saturated carbocycles. The van der Waals surface area contributed by atoms with Gasteiger partial charge in [-0.25, -0.2) is 10.4 Å². The molecule has 0 radical (unpaired) electrons. The predicted molar refractivity (Wildman–Crippen MR) is 124 cm³/mol. The highest BCUT2D eigenvalue weighted by atomic mass is 32.1. The van der Waals surface area contributed by atoms with Gasteiger partial charge in [0.05, 0.1) is 10.6 Å². The van der Waals surface area contributed by atoms with Crippen molar-refractivity contribution in [1.29, 1.82) is 0 Å². The van der Waals surface area contributed by atoms with E-state index in [1.165, 1.54) is 30.7 Å². The van der Waals surface area contributed by atoms with E-state index < -0.39 is 0 Å². The number of carbonyl (C=O) groups is 2. The Balaban J connectivity index is 1.62. The van der Waals surface area contributed by atoms with Crippen LogP contribution in [0.5, 0.6) is 11.5 Å². The van der Waals surface area contributed by atoms with Crippen LogP contribution >= 0.6 is 11.3 Å². The average Bonchev–Trinajstić information content (AvgIpc) is 3.44. The topological polar surface area (TPSA) is 127 Å². The summed E-state index contributed by atoms with van der Waals surface area (Å²) in [4.78, 5) is 32.7. The van der Waals surface area contributed by atoms with Crippen molar-refractivity contribution in [3.05, 3.63) is 70.5 Å². The molecule has 0 aliphatic carbocycles. The second-order valence-electron chi connectivity index (χ2n) is 6.86. The quantitative estimate of drug-likeness (QED) is 0.362. The van der Waals surface area contributed by atoms with Gasteiger partial charge in [-0.3, -0.25) is 25.4 Å². The summed E-state index contributed by atoms with van der Waals surface area (Å²) in [5.74, 6) is 0.741. The summed E-state index contributed by atoms with van der Waals surface area (Å²) in [6, 6.07) is 8.77. The number of aryl methyl sites for hydroxylation is 1. The van der Waals surface area contributed by atoms with Crippen LogP contribution in [0.1, 0.15) is 33.4 Å². The zero-order valence-corrected chi connectivity index (χ0v) is 18.6. The largest absolute Gasteiger partial charge is 0.454 e. The maximum atomic E-state index is 12.5. The van der Waals surface area contributed by atoms with Gasteiger partial charge in [-0.15, -0.1) is 0 Å². The van der Waals surface area contributed by atoms with Gasteiger partial charge in [0.25, 0.3) is 5.91 Å². The van der Waals surface area contributed by atoms with E-state index in [2.05, 4.69) is 31.3 Å². The molecule has 2 aromatic heterocycles. The number of rotatable bonds is 7. The van der Waals surface area contributed by atoms with E-state index >= 15 is 0 Å². The third-order valence-electron chi connectivity index (χ3n) is 4.43. The number of nitrogens with one attached hydrogen (secondary N) is 3. The van der Waals surface area contributed by atoms with Gasteiger partial charge in [0.15, 0.2) is 11.5 Å². The van der Waals surface area contributed by atoms with Gasteiger partial charge in [0.1, 0.15) is 5.71 Å². The Morgan fingerprint density at radius 1 is 1.15 bits per heavy atom. The number of amides is 2. The molecule has 0 bridgehead atoms. The van der Waals surface area contributed by atoms with E-state index in [0.29, 0.717) is 33.6 Å². The molecule has 4 rings (SSSR count). The molecule has 1 aromatic carbocycles. The van der Waals surface area contributed by atoms with Crippen molar-refractivity contribution in [2.24, 2.45) is 5.10 Å². The first-order valence-corrected chi connectivity index (χ1v) is 10.7. The molecule has 2 amide bonds. The Morgan fingerprint density at radius 3 is 2.73 bits per heavy atom. The molecule has 0 saturated heterocycles. The third-order valence-corrected chi connectivity index (χ3v) is 5.52. The van der Waals surface area contributed by atoms with E-state index in [4.69, 9.17) is 9.47 Å². The van der Waals surface area contributed by atoms with Crippen LogP contribution in [0.15, 0.2) is 53.9 Å². The van der Waals surface area contributed by atoms with Crippen molar-refractivity contribution in [2.75, 3.05) is 12.2 Å². The predicted octanol–water partition coefficient (Wildman–Crippen LogP) is 2.89. The molecule has 10 nitrogen and oxygen atoms in total. The van der Waals surface area contributed by atoms with Gasteiger partial charge < -0.3 is 9.47 Å². The number of fused-ring (bicyclic) bond motifs is 1. The van der Waals surface area contributed by atoms with Crippen molar-refractivity contribution >= 4 is 40.1 Å². The standard InChI is InChI=1S/C22H20N6O4S/c1-13-20(33-22(24-13)28-25-14(2)29)17(26-27-21(30)16-7-9-23-10-8-16)5-3-15-4-6-18-19(11-15)32-12-31-18/h3-11H,12H2,1-2H3,(H,24,28)(H,25,29)(H,27,30)/b5-3+,26-17+. The fourth-order valence-electron chi connectivity index (χ4n) is 2.86. The molecule has 0 spiro atoms. The van der Waals surface area contributed by atoms with E-state index in [-0.39, 0.29) is 18.6 Å². The summed E-state index contributed by atoms with van der Waals surface area (Å²) < 4.78 is 10.8. The highest BCUT2D eigenvalue weighted by Gasteiger charge is 2.15. The minimum absolute atomic E-state index is 0.195. The first kappa shape index (κ1) is 22.0. The molecule has 168 valence electrons. The zero-order chi connectivity index (χ0) is 23.2. The van der Waals surface area contributed by atoms with E-state index in [1.54, 1.807) is 18.2 Å². The maximum Gasteiger partial charge on any atom is 0.271 e. The van der Waals surface area contributed by atoms with Crippen LogP contribution in [0.2, 0.25) is 0 Å². The van der Waals surface area contributed by atoms with Crippen LogP contribution in [0.3, 0.4) is 0 Å². The van der Waals surface area contributed by atoms with Crippen molar-refractivity contribution in [3.8, 4) is 11.5 Å². The highest BCUT2D eigenvalue weighted by Crippen LogP contribution is 2.33. The average molecular weight is 465 g/mol. The van der Waals surface area contributed by atoms with E-state index in [0.717, 1.165) is 10.4 Å². The number of hydrazine groups is 1. The number of hydrazone groups is 1. The molecule has 0 atom stereocenters. The number of pyridine rings is 1. The number of carbonyl (C=O) groups excluding carboxylic acids is 2. The van der Waals surface area contributed by atoms with Gasteiger partial charge >= 0.3 is 0 Å². The van der Waals surface area contributed by atoms with Crippen LogP contribution in [0.25, 0.3) is 6.08 Å². The van der Waals surface area contributed by atoms with Crippen LogP contribution in [0.4, 0.5) is 5.13 Å². The van der Waals surface area contributed by atoms with Gasteiger partial charge in [0.2, 0.25) is 17.8 Å². The van der Waals surface area contributed by atoms with Crippen LogP contribution in [0, 0.1) is 6.92 Å². The summed E-state index contributed by atoms with van der Waals surface area (Å²) in [5, 5.41) is 4.82. The van der Waals surface area contributed by atoms with Gasteiger partial charge in [-0.05, 0) is 42.8 Å². The second-order valence-corrected chi connectivity index (χ2v) is 7.86. The Hall–Kier alpha value is -4.25. The molecule has 3 heterocycles. The summed E-state index contributed by atoms with van der Waals surface area (Å²) in [5.41, 5.74) is 10.3. The smallest absolute Gasteiger partial charge is 0.271 e. The molecule has 1 aliphatic heterocycles. The van der Waals surface area contributed by atoms with Gasteiger partial charge in [-0.2, -0.15) is 5.10 Å². The van der Waals surface area contributed by atoms with Crippen LogP contribution < -0.4 is 25.8 Å². The van der Waals surface area contributed by atoms with Crippen LogP contribution in [-0.4, -0.2) is 34.3 Å². The number of allylic oxidation sites excluding steroid dienone is 1. The second kappa shape index (κ2) is 9.92. The number of ether oxygens (including phenoxy) is 2. The van der Waals surface area contributed by atoms with Crippen molar-refractivity contribution in [1.82, 2.24) is 20.8 Å². The SMILES string of the molecule is CC(=O)NNc1nc(C)c(C(/C=C/c2ccc3c(c2)OCO3)=N/NC(=O)c2ccncc2)s1. The molecule has 33 heavy (non-hydrogen) atoms. The van der Waals surface area contributed by atoms with Gasteiger partial charge in [0, 0.05) is 24.9 Å². The zero-order valence-electron chi connectivity index (χ0n) is 17.8. The van der Waals surface area contributed by atoms with Crippen LogP contribution in [-0.2, 0) is 4.79 Å². The lowest BCUT2D eigenvalue weighted by atomic mass is 10.1. The first-order chi connectivity index (χ1) is 16.0. The molecular weight excluding hydrogens is 444 g/mol. The number of aromatic nitrogens is 2. The van der Waals surface area contributed by atoms with E-state index in [9.17, 15) is 9.59 Å². The number of hydrogen-bond acceptors (Lipinski definition) is 9. The fraction of sp³-hybridized carbons (Fsp3) is 0.136. The summed E-state index contributed by atoms with van der Waals surface area (Å²) >= 11 is 1.29. The van der Waals surface area contributed by atoms with Crippen molar-refractivity contribution < 1.29 is 19.1 Å². The molecule has 3 N–H and O–H groups in total. The molecular formula is C22H20N6O4S. The highest BCUT2D eigenvalue weighted by molar-refractivity contribution is 7.17. The monoisotopic (exact) mass is 464 g/mol. The summed E-state index contributed by atoms with van der Waals surface area (Å²) in [7, 11) is 0. The third kappa shape index (κ3) is 5.52. The Labute approximate surface area is 193 Å². The normalized spacial score (nSPS) is 12.6. The number of hydrogen-bond donors (Lipinski definition) is 3. The minimum atomic E-state index is -0.370. The molecule has 0 unspecified atom stereocenters. The van der Waals surface area contributed by atoms with Gasteiger partial charge in [-0.1, -0.05) is 23.5 Å². The molecule has 1 aliphatic rings. The Kier molecular flexibility index (Phi) is 6.60. The molecule has 0 fully saturated rings. The van der Waals surface area contributed by atoms with E-state index in [1.807, 2.05) is 31.2 Å². The summed E-state index contributed by atoms with van der Waals surface area (Å²) in [6.45, 7) is 3.41. The summed E-state index contributed by atoms with van der Waals surface area (Å²) in [6.07, 6.45) is 6.69. The first-order valence-electron chi connectivity index (χ1n) is 9.86. The lowest BCUT2D eigenvalue weighted by Gasteiger charge is -2.03. The molecule has 11 heteroatoms. The number of thiazole rings is 1. The van der Waals surface area contributed by atoms with Crippen molar-refractivity contribution in [3.63, 3.8) is 0 Å².